The highest BCUT2D eigenvalue weighted by Gasteiger charge is 2.15. The zero-order chi connectivity index (χ0) is 20.4. The Labute approximate surface area is 166 Å². The van der Waals surface area contributed by atoms with E-state index in [4.69, 9.17) is 13.9 Å². The highest BCUT2D eigenvalue weighted by atomic mass is 16.5. The van der Waals surface area contributed by atoms with Gasteiger partial charge in [0.05, 0.1) is 26.9 Å². The van der Waals surface area contributed by atoms with Crippen molar-refractivity contribution in [3.05, 3.63) is 59.0 Å². The van der Waals surface area contributed by atoms with E-state index in [2.05, 4.69) is 34.7 Å². The Morgan fingerprint density at radius 2 is 2.00 bits per heavy atom. The number of hydrogen-bond acceptors (Lipinski definition) is 5. The molecule has 1 unspecified atom stereocenters. The molecule has 0 radical (unpaired) electrons. The fraction of sp³-hybridized carbons (Fsp3) is 0.429. The van der Waals surface area contributed by atoms with E-state index < -0.39 is 5.97 Å². The van der Waals surface area contributed by atoms with Crippen LogP contribution in [0.25, 0.3) is 0 Å². The molecule has 1 aromatic heterocycles. The van der Waals surface area contributed by atoms with Gasteiger partial charge in [0.1, 0.15) is 17.1 Å². The maximum Gasteiger partial charge on any atom is 0.341 e. The van der Waals surface area contributed by atoms with Crippen LogP contribution in [0.5, 0.6) is 0 Å². The first-order valence-corrected chi connectivity index (χ1v) is 9.27. The molecule has 0 spiro atoms. The average Bonchev–Trinajstić information content (AvgIpc) is 3.09. The lowest BCUT2D eigenvalue weighted by atomic mass is 10.2. The van der Waals surface area contributed by atoms with Crippen molar-refractivity contribution in [2.75, 3.05) is 27.3 Å². The van der Waals surface area contributed by atoms with Crippen molar-refractivity contribution in [2.45, 2.75) is 27.0 Å². The quantitative estimate of drug-likeness (QED) is 0.391. The van der Waals surface area contributed by atoms with Crippen molar-refractivity contribution >= 4 is 11.9 Å². The first kappa shape index (κ1) is 21.5. The fourth-order valence-electron chi connectivity index (χ4n) is 2.62. The van der Waals surface area contributed by atoms with E-state index in [0.29, 0.717) is 48.7 Å². The number of benzene rings is 1. The van der Waals surface area contributed by atoms with Crippen LogP contribution in [0.3, 0.4) is 0 Å². The lowest BCUT2D eigenvalue weighted by Gasteiger charge is -2.16. The minimum atomic E-state index is -0.403. The Kier molecular flexibility index (Phi) is 8.55. The van der Waals surface area contributed by atoms with Gasteiger partial charge >= 0.3 is 5.97 Å². The van der Waals surface area contributed by atoms with Gasteiger partial charge < -0.3 is 24.5 Å². The predicted octanol–water partition coefficient (Wildman–Crippen LogP) is 2.89. The summed E-state index contributed by atoms with van der Waals surface area (Å²) in [6.45, 7) is 6.25. The molecule has 7 nitrogen and oxygen atoms in total. The molecule has 2 N–H and O–H groups in total. The average molecular weight is 387 g/mol. The molecule has 0 fully saturated rings. The zero-order valence-electron chi connectivity index (χ0n) is 17.0. The third-order valence-electron chi connectivity index (χ3n) is 4.16. The van der Waals surface area contributed by atoms with Crippen LogP contribution in [0.2, 0.25) is 0 Å². The van der Waals surface area contributed by atoms with E-state index in [1.165, 1.54) is 12.7 Å². The first-order chi connectivity index (χ1) is 13.5. The number of ether oxygens (including phenoxy) is 2. The fourth-order valence-corrected chi connectivity index (χ4v) is 2.62. The van der Waals surface area contributed by atoms with E-state index >= 15 is 0 Å². The number of aliphatic imine (C=N–C) groups is 1. The van der Waals surface area contributed by atoms with Crippen molar-refractivity contribution in [1.29, 1.82) is 0 Å². The number of nitrogens with zero attached hydrogens (tertiary/aromatic N) is 1. The van der Waals surface area contributed by atoms with Gasteiger partial charge in [-0.3, -0.25) is 4.99 Å². The number of carbonyl (C=O) groups excluding carboxylic acids is 1. The minimum absolute atomic E-state index is 0.319. The number of rotatable bonds is 9. The lowest BCUT2D eigenvalue weighted by molar-refractivity contribution is 0.0599. The van der Waals surface area contributed by atoms with E-state index in [0.717, 1.165) is 6.54 Å². The molecule has 0 amide bonds. The number of aryl methyl sites for hydroxylation is 1. The molecule has 28 heavy (non-hydrogen) atoms. The molecule has 0 saturated carbocycles. The molecule has 1 atom stereocenters. The summed E-state index contributed by atoms with van der Waals surface area (Å²) in [5.41, 5.74) is 1.60. The second-order valence-corrected chi connectivity index (χ2v) is 6.59. The summed E-state index contributed by atoms with van der Waals surface area (Å²) in [5, 5.41) is 6.44. The van der Waals surface area contributed by atoms with Crippen LogP contribution in [-0.2, 0) is 22.6 Å². The molecule has 1 aromatic carbocycles. The summed E-state index contributed by atoms with van der Waals surface area (Å²) in [5.74, 6) is 1.75. The van der Waals surface area contributed by atoms with Gasteiger partial charge in [-0.25, -0.2) is 4.79 Å². The largest absolute Gasteiger partial charge is 0.465 e. The molecule has 0 aliphatic heterocycles. The van der Waals surface area contributed by atoms with Crippen LogP contribution in [-0.4, -0.2) is 39.2 Å². The second-order valence-electron chi connectivity index (χ2n) is 6.59. The van der Waals surface area contributed by atoms with Gasteiger partial charge in [-0.15, -0.1) is 0 Å². The van der Waals surface area contributed by atoms with Crippen LogP contribution in [0, 0.1) is 12.8 Å². The van der Waals surface area contributed by atoms with Crippen molar-refractivity contribution < 1.29 is 18.7 Å². The molecule has 7 heteroatoms. The molecular weight excluding hydrogens is 358 g/mol. The maximum atomic E-state index is 11.6. The Morgan fingerprint density at radius 3 is 2.68 bits per heavy atom. The van der Waals surface area contributed by atoms with Crippen molar-refractivity contribution in [2.24, 2.45) is 10.9 Å². The number of guanidine groups is 1. The SMILES string of the molecule is CN=C(NCc1cc(C(=O)OC)c(C)o1)NCC(C)COCc1ccccc1. The van der Waals surface area contributed by atoms with Gasteiger partial charge in [0.15, 0.2) is 5.96 Å². The number of methoxy groups -OCH3 is 1. The number of furan rings is 1. The third-order valence-corrected chi connectivity index (χ3v) is 4.16. The van der Waals surface area contributed by atoms with Crippen molar-refractivity contribution in [3.63, 3.8) is 0 Å². The molecule has 0 aliphatic carbocycles. The van der Waals surface area contributed by atoms with E-state index in [9.17, 15) is 4.79 Å². The summed E-state index contributed by atoms with van der Waals surface area (Å²) in [6, 6.07) is 11.8. The number of hydrogen-bond donors (Lipinski definition) is 2. The number of carbonyl (C=O) groups is 1. The van der Waals surface area contributed by atoms with E-state index in [1.54, 1.807) is 20.0 Å². The number of nitrogens with one attached hydrogen (secondary N) is 2. The second kappa shape index (κ2) is 11.1. The van der Waals surface area contributed by atoms with Gasteiger partial charge in [0, 0.05) is 13.6 Å². The topological polar surface area (TPSA) is 85.1 Å². The summed E-state index contributed by atoms with van der Waals surface area (Å²) in [7, 11) is 3.06. The summed E-state index contributed by atoms with van der Waals surface area (Å²) < 4.78 is 16.1. The van der Waals surface area contributed by atoms with Gasteiger partial charge in [-0.05, 0) is 24.5 Å². The van der Waals surface area contributed by atoms with Crippen molar-refractivity contribution in [1.82, 2.24) is 10.6 Å². The molecule has 152 valence electrons. The van der Waals surface area contributed by atoms with Crippen LogP contribution in [0.15, 0.2) is 45.8 Å². The molecular formula is C21H29N3O4. The van der Waals surface area contributed by atoms with E-state index in [-0.39, 0.29) is 0 Å². The Hall–Kier alpha value is -2.80. The van der Waals surface area contributed by atoms with Crippen LogP contribution < -0.4 is 10.6 Å². The van der Waals surface area contributed by atoms with Crippen LogP contribution in [0.4, 0.5) is 0 Å². The zero-order valence-corrected chi connectivity index (χ0v) is 17.0. The highest BCUT2D eigenvalue weighted by molar-refractivity contribution is 5.90. The van der Waals surface area contributed by atoms with Gasteiger partial charge in [0.2, 0.25) is 0 Å². The summed E-state index contributed by atoms with van der Waals surface area (Å²) >= 11 is 0. The lowest BCUT2D eigenvalue weighted by Crippen LogP contribution is -2.39. The summed E-state index contributed by atoms with van der Waals surface area (Å²) in [6.07, 6.45) is 0. The predicted molar refractivity (Wildman–Crippen MR) is 108 cm³/mol. The van der Waals surface area contributed by atoms with Gasteiger partial charge in [-0.1, -0.05) is 37.3 Å². The highest BCUT2D eigenvalue weighted by Crippen LogP contribution is 2.15. The van der Waals surface area contributed by atoms with Crippen LogP contribution in [0.1, 0.15) is 34.4 Å². The van der Waals surface area contributed by atoms with Gasteiger partial charge in [0.25, 0.3) is 0 Å². The normalized spacial score (nSPS) is 12.5. The molecule has 0 aliphatic rings. The minimum Gasteiger partial charge on any atom is -0.465 e. The summed E-state index contributed by atoms with van der Waals surface area (Å²) in [4.78, 5) is 15.8. The standard InChI is InChI=1S/C21H29N3O4/c1-15(13-27-14-17-8-6-5-7-9-17)11-23-21(22-3)24-12-18-10-19(16(2)28-18)20(25)26-4/h5-10,15H,11-14H2,1-4H3,(H2,22,23,24). The monoisotopic (exact) mass is 387 g/mol. The smallest absolute Gasteiger partial charge is 0.341 e. The molecule has 2 rings (SSSR count). The molecule has 1 heterocycles. The van der Waals surface area contributed by atoms with Crippen LogP contribution >= 0.6 is 0 Å². The molecule has 0 saturated heterocycles. The third kappa shape index (κ3) is 6.74. The Morgan fingerprint density at radius 1 is 1.25 bits per heavy atom. The maximum absolute atomic E-state index is 11.6. The van der Waals surface area contributed by atoms with E-state index in [1.807, 2.05) is 18.2 Å². The van der Waals surface area contributed by atoms with Crippen molar-refractivity contribution in [3.8, 4) is 0 Å². The molecule has 2 aromatic rings. The number of esters is 1. The van der Waals surface area contributed by atoms with Gasteiger partial charge in [-0.2, -0.15) is 0 Å². The molecule has 0 bridgehead atoms. The Balaban J connectivity index is 1.71. The Bertz CT molecular complexity index is 771. The first-order valence-electron chi connectivity index (χ1n) is 9.27.